The fraction of sp³-hybridized carbons (Fsp3) is 0.419. The number of carbonyl (C=O) groups excluding carboxylic acids is 1. The summed E-state index contributed by atoms with van der Waals surface area (Å²) in [7, 11) is 0. The first-order chi connectivity index (χ1) is 20.3. The summed E-state index contributed by atoms with van der Waals surface area (Å²) in [5.41, 5.74) is 3.85. The van der Waals surface area contributed by atoms with Crippen molar-refractivity contribution in [3.8, 4) is 5.75 Å². The van der Waals surface area contributed by atoms with E-state index in [0.29, 0.717) is 53.9 Å². The highest BCUT2D eigenvalue weighted by Crippen LogP contribution is 2.37. The summed E-state index contributed by atoms with van der Waals surface area (Å²) in [5, 5.41) is 8.30. The molecule has 2 fully saturated rings. The zero-order chi connectivity index (χ0) is 29.4. The van der Waals surface area contributed by atoms with Gasteiger partial charge >= 0.3 is 0 Å². The summed E-state index contributed by atoms with van der Waals surface area (Å²) in [6, 6.07) is 8.66. The van der Waals surface area contributed by atoms with Crippen LogP contribution in [-0.4, -0.2) is 53.6 Å². The van der Waals surface area contributed by atoms with Gasteiger partial charge in [0.25, 0.3) is 5.91 Å². The summed E-state index contributed by atoms with van der Waals surface area (Å²) >= 11 is 19.0. The van der Waals surface area contributed by atoms with Crippen LogP contribution in [0.25, 0.3) is 5.57 Å². The molecule has 0 radical (unpaired) electrons. The van der Waals surface area contributed by atoms with Gasteiger partial charge in [-0.1, -0.05) is 53.0 Å². The molecule has 6 rings (SSSR count). The Kier molecular flexibility index (Phi) is 8.80. The van der Waals surface area contributed by atoms with Crippen LogP contribution in [0.1, 0.15) is 48.4 Å². The van der Waals surface area contributed by atoms with E-state index in [1.807, 2.05) is 17.0 Å². The average Bonchev–Trinajstić information content (AvgIpc) is 3.71. The Morgan fingerprint density at radius 1 is 1.17 bits per heavy atom. The van der Waals surface area contributed by atoms with Gasteiger partial charge in [-0.15, -0.1) is 0 Å². The number of benzene rings is 2. The molecule has 3 aromatic rings. The molecule has 7 nitrogen and oxygen atoms in total. The molecule has 0 unspecified atom stereocenters. The highest BCUT2D eigenvalue weighted by molar-refractivity contribution is 6.42. The van der Waals surface area contributed by atoms with E-state index in [9.17, 15) is 9.18 Å². The fourth-order valence-corrected chi connectivity index (χ4v) is 6.27. The highest BCUT2D eigenvalue weighted by Gasteiger charge is 2.42. The van der Waals surface area contributed by atoms with Gasteiger partial charge in [-0.05, 0) is 62.3 Å². The number of fused-ring (bicyclic) bond motifs is 2. The van der Waals surface area contributed by atoms with Crippen LogP contribution in [0, 0.1) is 12.7 Å². The SMILES string of the molecule is Cc1ccc(F)c(OCCCc2coc(C3=C(C(=O)N(Cc4cccc(Cl)c4Cl)C4CC4)[C@H]4CNC[C@@H](C3)N4)n2)c1Cl. The van der Waals surface area contributed by atoms with Gasteiger partial charge in [-0.25, -0.2) is 9.37 Å². The second kappa shape index (κ2) is 12.5. The summed E-state index contributed by atoms with van der Waals surface area (Å²) in [6.07, 6.45) is 5.31. The van der Waals surface area contributed by atoms with Gasteiger partial charge in [0, 0.05) is 42.9 Å². The Morgan fingerprint density at radius 2 is 2.00 bits per heavy atom. The molecule has 1 saturated carbocycles. The van der Waals surface area contributed by atoms with E-state index in [1.54, 1.807) is 25.3 Å². The van der Waals surface area contributed by atoms with E-state index >= 15 is 0 Å². The molecule has 1 aliphatic carbocycles. The number of oxazole rings is 1. The zero-order valence-corrected chi connectivity index (χ0v) is 25.5. The summed E-state index contributed by atoms with van der Waals surface area (Å²) in [4.78, 5) is 21.0. The molecule has 3 heterocycles. The van der Waals surface area contributed by atoms with Gasteiger partial charge in [0.05, 0.1) is 33.4 Å². The van der Waals surface area contributed by atoms with Crippen LogP contribution in [0.5, 0.6) is 5.75 Å². The number of nitrogens with one attached hydrogen (secondary N) is 2. The van der Waals surface area contributed by atoms with Gasteiger partial charge < -0.3 is 24.7 Å². The largest absolute Gasteiger partial charge is 0.489 e. The number of rotatable bonds is 10. The van der Waals surface area contributed by atoms with Crippen molar-refractivity contribution < 1.29 is 18.3 Å². The summed E-state index contributed by atoms with van der Waals surface area (Å²) in [6.45, 7) is 3.90. The Balaban J connectivity index is 1.21. The van der Waals surface area contributed by atoms with Crippen molar-refractivity contribution in [1.29, 1.82) is 0 Å². The third-order valence-corrected chi connectivity index (χ3v) is 9.35. The van der Waals surface area contributed by atoms with E-state index in [1.165, 1.54) is 6.07 Å². The minimum absolute atomic E-state index is 0.0339. The molecule has 1 aromatic heterocycles. The predicted octanol–water partition coefficient (Wildman–Crippen LogP) is 6.37. The first-order valence-corrected chi connectivity index (χ1v) is 15.4. The third kappa shape index (κ3) is 6.19. The molecule has 222 valence electrons. The van der Waals surface area contributed by atoms with Crippen LogP contribution in [0.15, 0.2) is 46.6 Å². The Morgan fingerprint density at radius 3 is 2.81 bits per heavy atom. The Hall–Kier alpha value is -2.62. The van der Waals surface area contributed by atoms with Gasteiger partial charge in [0.15, 0.2) is 11.6 Å². The predicted molar refractivity (Wildman–Crippen MR) is 162 cm³/mol. The Bertz CT molecular complexity index is 1520. The highest BCUT2D eigenvalue weighted by atomic mass is 35.5. The van der Waals surface area contributed by atoms with Crippen molar-refractivity contribution in [2.75, 3.05) is 19.7 Å². The quantitative estimate of drug-likeness (QED) is 0.253. The fourth-order valence-electron chi connectivity index (χ4n) is 5.68. The van der Waals surface area contributed by atoms with Crippen molar-refractivity contribution in [2.45, 2.75) is 63.7 Å². The van der Waals surface area contributed by atoms with Gasteiger partial charge in [0.2, 0.25) is 5.89 Å². The maximum Gasteiger partial charge on any atom is 0.252 e. The van der Waals surface area contributed by atoms with Gasteiger partial charge in [-0.2, -0.15) is 0 Å². The van der Waals surface area contributed by atoms with Gasteiger partial charge in [0.1, 0.15) is 6.26 Å². The van der Waals surface area contributed by atoms with Crippen molar-refractivity contribution in [2.24, 2.45) is 0 Å². The van der Waals surface area contributed by atoms with Crippen molar-refractivity contribution in [3.05, 3.63) is 85.8 Å². The number of amides is 1. The number of aromatic nitrogens is 1. The van der Waals surface area contributed by atoms with Crippen LogP contribution < -0.4 is 15.4 Å². The normalized spacial score (nSPS) is 20.1. The first kappa shape index (κ1) is 29.5. The lowest BCUT2D eigenvalue weighted by Crippen LogP contribution is -2.60. The maximum absolute atomic E-state index is 14.3. The number of aryl methyl sites for hydroxylation is 2. The molecule has 2 bridgehead atoms. The van der Waals surface area contributed by atoms with Crippen LogP contribution in [0.2, 0.25) is 15.1 Å². The van der Waals surface area contributed by atoms with Crippen molar-refractivity contribution >= 4 is 46.3 Å². The smallest absolute Gasteiger partial charge is 0.252 e. The monoisotopic (exact) mass is 632 g/mol. The summed E-state index contributed by atoms with van der Waals surface area (Å²) < 4.78 is 25.8. The third-order valence-electron chi connectivity index (χ3n) is 8.03. The van der Waals surface area contributed by atoms with Crippen molar-refractivity contribution in [3.63, 3.8) is 0 Å². The molecule has 2 aliphatic heterocycles. The molecule has 0 spiro atoms. The van der Waals surface area contributed by atoms with Gasteiger partial charge in [-0.3, -0.25) is 4.79 Å². The molecule has 1 amide bonds. The number of hydrogen-bond donors (Lipinski definition) is 2. The second-order valence-corrected chi connectivity index (χ2v) is 12.3. The molecule has 2 N–H and O–H groups in total. The lowest BCUT2D eigenvalue weighted by Gasteiger charge is -2.40. The number of halogens is 4. The molecule has 3 aliphatic rings. The number of nitrogens with zero attached hydrogens (tertiary/aromatic N) is 2. The number of carbonyl (C=O) groups is 1. The molecule has 2 atom stereocenters. The maximum atomic E-state index is 14.3. The molecule has 42 heavy (non-hydrogen) atoms. The molecular formula is C31H32Cl3FN4O3. The topological polar surface area (TPSA) is 79.6 Å². The van der Waals surface area contributed by atoms with Crippen LogP contribution in [-0.2, 0) is 17.8 Å². The van der Waals surface area contributed by atoms with E-state index in [-0.39, 0.29) is 41.4 Å². The van der Waals surface area contributed by atoms with Crippen LogP contribution in [0.4, 0.5) is 4.39 Å². The van der Waals surface area contributed by atoms with E-state index < -0.39 is 5.82 Å². The molecule has 2 aromatic carbocycles. The Labute approximate surface area is 259 Å². The standard InChI is InChI=1S/C31H32Cl3FN4O3/c1-17-7-10-24(35)29(27(17)33)41-11-3-5-19-16-42-30(38-19)22-12-20-13-36-14-25(37-20)26(22)31(40)39(21-8-9-21)15-18-4-2-6-23(32)28(18)34/h2,4,6-7,10,16,20-21,25,36-37H,3,5,8-9,11-15H2,1H3/t20-,25-/m1/s1. The number of ether oxygens (including phenoxy) is 1. The lowest BCUT2D eigenvalue weighted by molar-refractivity contribution is -0.128. The number of hydrogen-bond acceptors (Lipinski definition) is 6. The average molecular weight is 634 g/mol. The van der Waals surface area contributed by atoms with E-state index in [0.717, 1.165) is 41.8 Å². The molecular weight excluding hydrogens is 602 g/mol. The minimum atomic E-state index is -0.484. The summed E-state index contributed by atoms with van der Waals surface area (Å²) in [5.74, 6) is 0.0209. The second-order valence-electron chi connectivity index (χ2n) is 11.2. The number of piperazine rings is 1. The van der Waals surface area contributed by atoms with Crippen molar-refractivity contribution in [1.82, 2.24) is 20.5 Å². The molecule has 1 saturated heterocycles. The molecule has 11 heteroatoms. The van der Waals surface area contributed by atoms with E-state index in [4.69, 9.17) is 48.9 Å². The van der Waals surface area contributed by atoms with Crippen LogP contribution in [0.3, 0.4) is 0 Å². The zero-order valence-electron chi connectivity index (χ0n) is 23.2. The lowest BCUT2D eigenvalue weighted by atomic mass is 9.86. The first-order valence-electron chi connectivity index (χ1n) is 14.3. The minimum Gasteiger partial charge on any atom is -0.489 e. The van der Waals surface area contributed by atoms with Crippen LogP contribution >= 0.6 is 34.8 Å². The van der Waals surface area contributed by atoms with E-state index in [2.05, 4.69) is 10.6 Å².